The summed E-state index contributed by atoms with van der Waals surface area (Å²) in [5.41, 5.74) is 1.72. The fraction of sp³-hybridized carbons (Fsp3) is 0.458. The van der Waals surface area contributed by atoms with Gasteiger partial charge in [-0.05, 0) is 24.6 Å². The first-order chi connectivity index (χ1) is 15.8. The quantitative estimate of drug-likeness (QED) is 0.680. The molecule has 9 heteroatoms. The largest absolute Gasteiger partial charge is 0.378 e. The van der Waals surface area contributed by atoms with E-state index in [1.807, 2.05) is 17.0 Å². The second-order valence-corrected chi connectivity index (χ2v) is 10.7. The summed E-state index contributed by atoms with van der Waals surface area (Å²) in [5.74, 6) is -0.396. The monoisotopic (exact) mass is 475 g/mol. The number of amides is 1. The first-order valence-corrected chi connectivity index (χ1v) is 12.7. The fourth-order valence-corrected chi connectivity index (χ4v) is 6.40. The van der Waals surface area contributed by atoms with E-state index in [1.165, 1.54) is 10.4 Å². The molecule has 4 rings (SSSR count). The summed E-state index contributed by atoms with van der Waals surface area (Å²) in [5, 5.41) is -0.830. The lowest BCUT2D eigenvalue weighted by molar-refractivity contribution is -0.129. The normalized spacial score (nSPS) is 23.8. The van der Waals surface area contributed by atoms with Crippen LogP contribution in [0.1, 0.15) is 30.2 Å². The van der Waals surface area contributed by atoms with E-state index < -0.39 is 27.1 Å². The maximum Gasteiger partial charge on any atom is 0.224 e. The van der Waals surface area contributed by atoms with Crippen LogP contribution in [0.5, 0.6) is 0 Å². The number of ether oxygens (including phenoxy) is 1. The summed E-state index contributed by atoms with van der Waals surface area (Å²) in [7, 11) is -3.77. The molecule has 1 amide bonds. The average Bonchev–Trinajstić information content (AvgIpc) is 2.91. The van der Waals surface area contributed by atoms with Crippen LogP contribution in [0.25, 0.3) is 0 Å². The maximum atomic E-state index is 15.1. The van der Waals surface area contributed by atoms with Gasteiger partial charge in [-0.3, -0.25) is 4.79 Å². The SMILES string of the molecule is CC(=O)N1CCN(c2ccc(CN3[C@@H](C)COC[C@H](c4ccccc4)S3(=O)=O)c(F)c2)CC1. The Balaban J connectivity index is 1.54. The van der Waals surface area contributed by atoms with Crippen molar-refractivity contribution in [1.29, 1.82) is 0 Å². The van der Waals surface area contributed by atoms with E-state index in [0.717, 1.165) is 5.69 Å². The molecule has 0 radical (unpaired) electrons. The Labute approximate surface area is 194 Å². The van der Waals surface area contributed by atoms with Crippen molar-refractivity contribution in [1.82, 2.24) is 9.21 Å². The number of hydrogen-bond donors (Lipinski definition) is 0. The summed E-state index contributed by atoms with van der Waals surface area (Å²) in [6, 6.07) is 13.5. The first-order valence-electron chi connectivity index (χ1n) is 11.2. The van der Waals surface area contributed by atoms with E-state index in [-0.39, 0.29) is 25.7 Å². The molecule has 7 nitrogen and oxygen atoms in total. The second-order valence-electron chi connectivity index (χ2n) is 8.64. The molecule has 2 aliphatic rings. The van der Waals surface area contributed by atoms with Crippen molar-refractivity contribution >= 4 is 21.6 Å². The third kappa shape index (κ3) is 5.05. The molecule has 0 aliphatic carbocycles. The van der Waals surface area contributed by atoms with Gasteiger partial charge < -0.3 is 14.5 Å². The molecule has 33 heavy (non-hydrogen) atoms. The third-order valence-electron chi connectivity index (χ3n) is 6.43. The van der Waals surface area contributed by atoms with E-state index >= 15 is 4.39 Å². The highest BCUT2D eigenvalue weighted by Gasteiger charge is 2.39. The fourth-order valence-electron chi connectivity index (χ4n) is 4.42. The zero-order valence-electron chi connectivity index (χ0n) is 19.0. The summed E-state index contributed by atoms with van der Waals surface area (Å²) < 4.78 is 49.3. The van der Waals surface area contributed by atoms with Crippen molar-refractivity contribution in [3.05, 3.63) is 65.5 Å². The molecule has 0 aromatic heterocycles. The van der Waals surface area contributed by atoms with Gasteiger partial charge in [-0.1, -0.05) is 36.4 Å². The summed E-state index contributed by atoms with van der Waals surface area (Å²) in [4.78, 5) is 15.3. The highest BCUT2D eigenvalue weighted by Crippen LogP contribution is 2.32. The van der Waals surface area contributed by atoms with Crippen LogP contribution in [-0.4, -0.2) is 69.0 Å². The highest BCUT2D eigenvalue weighted by atomic mass is 32.2. The molecule has 2 fully saturated rings. The number of nitrogens with zero attached hydrogens (tertiary/aromatic N) is 3. The number of benzene rings is 2. The summed E-state index contributed by atoms with van der Waals surface area (Å²) in [6.45, 7) is 6.06. The van der Waals surface area contributed by atoms with Gasteiger partial charge >= 0.3 is 0 Å². The van der Waals surface area contributed by atoms with Crippen molar-refractivity contribution in [3.63, 3.8) is 0 Å². The molecule has 2 aromatic carbocycles. The van der Waals surface area contributed by atoms with Crippen molar-refractivity contribution in [2.24, 2.45) is 0 Å². The van der Waals surface area contributed by atoms with Gasteiger partial charge in [0.1, 0.15) is 11.1 Å². The van der Waals surface area contributed by atoms with Crippen molar-refractivity contribution in [2.45, 2.75) is 31.7 Å². The van der Waals surface area contributed by atoms with Crippen LogP contribution in [0, 0.1) is 5.82 Å². The maximum absolute atomic E-state index is 15.1. The minimum absolute atomic E-state index is 0.0433. The zero-order valence-corrected chi connectivity index (χ0v) is 19.8. The van der Waals surface area contributed by atoms with Gasteiger partial charge in [0.05, 0.1) is 13.2 Å². The topological polar surface area (TPSA) is 70.2 Å². The molecule has 2 atom stereocenters. The molecule has 0 saturated carbocycles. The summed E-state index contributed by atoms with van der Waals surface area (Å²) >= 11 is 0. The number of hydrogen-bond acceptors (Lipinski definition) is 5. The summed E-state index contributed by atoms with van der Waals surface area (Å²) in [6.07, 6.45) is 0. The molecule has 0 bridgehead atoms. The van der Waals surface area contributed by atoms with E-state index in [9.17, 15) is 13.2 Å². The van der Waals surface area contributed by atoms with Crippen molar-refractivity contribution < 1.29 is 22.3 Å². The highest BCUT2D eigenvalue weighted by molar-refractivity contribution is 7.89. The van der Waals surface area contributed by atoms with Gasteiger partial charge in [0.25, 0.3) is 0 Å². The molecule has 2 aliphatic heterocycles. The number of carbonyl (C=O) groups is 1. The smallest absolute Gasteiger partial charge is 0.224 e. The molecule has 178 valence electrons. The molecular weight excluding hydrogens is 445 g/mol. The second kappa shape index (κ2) is 9.79. The van der Waals surface area contributed by atoms with Crippen LogP contribution in [-0.2, 0) is 26.1 Å². The van der Waals surface area contributed by atoms with Crippen molar-refractivity contribution in [2.75, 3.05) is 44.3 Å². The number of piperazine rings is 1. The molecule has 2 saturated heterocycles. The molecule has 2 aromatic rings. The Kier molecular flexibility index (Phi) is 7.02. The van der Waals surface area contributed by atoms with Gasteiger partial charge in [-0.2, -0.15) is 4.31 Å². The van der Waals surface area contributed by atoms with Gasteiger partial charge in [0.15, 0.2) is 0 Å². The number of sulfonamides is 1. The Bertz CT molecular complexity index is 1090. The number of rotatable bonds is 4. The third-order valence-corrected chi connectivity index (χ3v) is 8.70. The van der Waals surface area contributed by atoms with E-state index in [4.69, 9.17) is 4.74 Å². The van der Waals surface area contributed by atoms with Gasteiger partial charge in [0.2, 0.25) is 15.9 Å². The lowest BCUT2D eigenvalue weighted by atomic mass is 10.1. The Morgan fingerprint density at radius 2 is 1.76 bits per heavy atom. The Hall–Kier alpha value is -2.49. The zero-order chi connectivity index (χ0) is 23.6. The molecule has 2 heterocycles. The van der Waals surface area contributed by atoms with Crippen LogP contribution in [0.15, 0.2) is 48.5 Å². The van der Waals surface area contributed by atoms with E-state index in [1.54, 1.807) is 49.1 Å². The predicted molar refractivity (Wildman–Crippen MR) is 125 cm³/mol. The van der Waals surface area contributed by atoms with Crippen LogP contribution < -0.4 is 4.90 Å². The molecule has 0 spiro atoms. The van der Waals surface area contributed by atoms with Crippen LogP contribution in [0.4, 0.5) is 10.1 Å². The van der Waals surface area contributed by atoms with Crippen LogP contribution in [0.3, 0.4) is 0 Å². The number of carbonyl (C=O) groups excluding carboxylic acids is 1. The Morgan fingerprint density at radius 3 is 2.39 bits per heavy atom. The lowest BCUT2D eigenvalue weighted by Gasteiger charge is -2.35. The first kappa shape index (κ1) is 23.7. The Morgan fingerprint density at radius 1 is 1.06 bits per heavy atom. The number of anilines is 1. The van der Waals surface area contributed by atoms with E-state index in [0.29, 0.717) is 37.3 Å². The van der Waals surface area contributed by atoms with Gasteiger partial charge in [-0.15, -0.1) is 0 Å². The molecular formula is C24H30FN3O4S. The minimum atomic E-state index is -3.77. The lowest BCUT2D eigenvalue weighted by Crippen LogP contribution is -2.48. The minimum Gasteiger partial charge on any atom is -0.378 e. The average molecular weight is 476 g/mol. The molecule has 0 N–H and O–H groups in total. The van der Waals surface area contributed by atoms with Crippen LogP contribution in [0.2, 0.25) is 0 Å². The predicted octanol–water partition coefficient (Wildman–Crippen LogP) is 2.79. The van der Waals surface area contributed by atoms with E-state index in [2.05, 4.69) is 0 Å². The standard InChI is InChI=1S/C24H30FN3O4S/c1-18-16-32-17-24(20-6-4-3-5-7-20)33(30,31)28(18)15-21-8-9-22(14-23(21)25)27-12-10-26(11-13-27)19(2)29/h3-9,14,18,24H,10-13,15-17H2,1-2H3/t18-,24+/m0/s1. The van der Waals surface area contributed by atoms with Crippen LogP contribution >= 0.6 is 0 Å². The van der Waals surface area contributed by atoms with Crippen molar-refractivity contribution in [3.8, 4) is 0 Å². The molecule has 0 unspecified atom stereocenters. The number of halogens is 1. The van der Waals surface area contributed by atoms with Gasteiger partial charge in [-0.25, -0.2) is 12.8 Å². The van der Waals surface area contributed by atoms with Gasteiger partial charge in [0, 0.05) is 56.9 Å².